The molecule has 1 aliphatic carbocycles. The molecule has 1 saturated heterocycles. The summed E-state index contributed by atoms with van der Waals surface area (Å²) < 4.78 is 0. The molecule has 160 valence electrons. The van der Waals surface area contributed by atoms with E-state index in [0.29, 0.717) is 28.4 Å². The average Bonchev–Trinajstić information content (AvgIpc) is 3.09. The van der Waals surface area contributed by atoms with Crippen molar-refractivity contribution in [3.05, 3.63) is 65.2 Å². The van der Waals surface area contributed by atoms with E-state index in [1.807, 2.05) is 4.90 Å². The standard InChI is InChI=1S/C25H27N3O3/c29-23(27-16-14-26(15-17-27)19-6-2-1-3-7-19)18-10-12-20(13-11-18)28-24(30)21-8-4-5-9-22(21)25(28)31/h4-5,8-13,19H,1-3,6-7,14-17H2. The Labute approximate surface area is 182 Å². The van der Waals surface area contributed by atoms with Gasteiger partial charge in [-0.2, -0.15) is 0 Å². The second-order valence-electron chi connectivity index (χ2n) is 8.66. The first-order valence-corrected chi connectivity index (χ1v) is 11.2. The Balaban J connectivity index is 1.24. The lowest BCUT2D eigenvalue weighted by atomic mass is 9.94. The van der Waals surface area contributed by atoms with Gasteiger partial charge in [-0.3, -0.25) is 19.3 Å². The van der Waals surface area contributed by atoms with Crippen LogP contribution in [0.15, 0.2) is 48.5 Å². The van der Waals surface area contributed by atoms with Crippen molar-refractivity contribution >= 4 is 23.4 Å². The summed E-state index contributed by atoms with van der Waals surface area (Å²) in [5.41, 5.74) is 1.92. The summed E-state index contributed by atoms with van der Waals surface area (Å²) in [6, 6.07) is 14.3. The zero-order valence-corrected chi connectivity index (χ0v) is 17.6. The maximum Gasteiger partial charge on any atom is 0.266 e. The summed E-state index contributed by atoms with van der Waals surface area (Å²) >= 11 is 0. The number of anilines is 1. The van der Waals surface area contributed by atoms with Crippen molar-refractivity contribution in [2.24, 2.45) is 0 Å². The SMILES string of the molecule is O=C(c1ccc(N2C(=O)c3ccccc3C2=O)cc1)N1CCN(C2CCCCC2)CC1. The molecule has 5 rings (SSSR count). The van der Waals surface area contributed by atoms with Gasteiger partial charge in [0.25, 0.3) is 17.7 Å². The van der Waals surface area contributed by atoms with Crippen LogP contribution < -0.4 is 4.90 Å². The number of amides is 3. The highest BCUT2D eigenvalue weighted by Gasteiger charge is 2.36. The van der Waals surface area contributed by atoms with Crippen molar-refractivity contribution in [3.8, 4) is 0 Å². The smallest absolute Gasteiger partial charge is 0.266 e. The molecule has 3 aliphatic rings. The maximum atomic E-state index is 13.0. The molecule has 0 N–H and O–H groups in total. The number of benzene rings is 2. The molecule has 6 nitrogen and oxygen atoms in total. The normalized spacial score (nSPS) is 20.3. The van der Waals surface area contributed by atoms with Gasteiger partial charge in [-0.1, -0.05) is 31.4 Å². The molecule has 6 heteroatoms. The van der Waals surface area contributed by atoms with E-state index in [2.05, 4.69) is 4.90 Å². The van der Waals surface area contributed by atoms with E-state index in [0.717, 1.165) is 26.2 Å². The molecule has 1 saturated carbocycles. The minimum Gasteiger partial charge on any atom is -0.336 e. The van der Waals surface area contributed by atoms with Crippen LogP contribution in [0.4, 0.5) is 5.69 Å². The quantitative estimate of drug-likeness (QED) is 0.717. The van der Waals surface area contributed by atoms with E-state index >= 15 is 0 Å². The van der Waals surface area contributed by atoms with Gasteiger partial charge in [0.05, 0.1) is 16.8 Å². The second kappa shape index (κ2) is 8.27. The summed E-state index contributed by atoms with van der Waals surface area (Å²) in [5, 5.41) is 0. The lowest BCUT2D eigenvalue weighted by molar-refractivity contribution is 0.0523. The van der Waals surface area contributed by atoms with Gasteiger partial charge in [0.2, 0.25) is 0 Å². The van der Waals surface area contributed by atoms with Crippen LogP contribution in [0.25, 0.3) is 0 Å². The molecule has 2 aliphatic heterocycles. The number of hydrogen-bond donors (Lipinski definition) is 0. The number of carbonyl (C=O) groups is 3. The highest BCUT2D eigenvalue weighted by Crippen LogP contribution is 2.29. The Morgan fingerprint density at radius 2 is 1.32 bits per heavy atom. The average molecular weight is 418 g/mol. The number of imide groups is 1. The van der Waals surface area contributed by atoms with E-state index in [-0.39, 0.29) is 17.7 Å². The molecule has 2 aromatic carbocycles. The number of fused-ring (bicyclic) bond motifs is 1. The van der Waals surface area contributed by atoms with Gasteiger partial charge >= 0.3 is 0 Å². The number of piperazine rings is 1. The topological polar surface area (TPSA) is 60.9 Å². The fraction of sp³-hybridized carbons (Fsp3) is 0.400. The van der Waals surface area contributed by atoms with Crippen molar-refractivity contribution in [1.29, 1.82) is 0 Å². The van der Waals surface area contributed by atoms with E-state index in [9.17, 15) is 14.4 Å². The highest BCUT2D eigenvalue weighted by molar-refractivity contribution is 6.34. The summed E-state index contributed by atoms with van der Waals surface area (Å²) in [6.45, 7) is 3.36. The highest BCUT2D eigenvalue weighted by atomic mass is 16.2. The minimum absolute atomic E-state index is 0.0113. The summed E-state index contributed by atoms with van der Waals surface area (Å²) in [5.74, 6) is -0.630. The molecule has 3 amide bonds. The Hall–Kier alpha value is -2.99. The van der Waals surface area contributed by atoms with Crippen LogP contribution >= 0.6 is 0 Å². The predicted octanol–water partition coefficient (Wildman–Crippen LogP) is 3.58. The predicted molar refractivity (Wildman–Crippen MR) is 118 cm³/mol. The molecule has 0 unspecified atom stereocenters. The molecular formula is C25H27N3O3. The van der Waals surface area contributed by atoms with Crippen LogP contribution in [0.1, 0.15) is 63.2 Å². The van der Waals surface area contributed by atoms with E-state index in [1.165, 1.54) is 37.0 Å². The van der Waals surface area contributed by atoms with Crippen LogP contribution in [0, 0.1) is 0 Å². The maximum absolute atomic E-state index is 13.0. The lowest BCUT2D eigenvalue weighted by Crippen LogP contribution is -2.52. The molecule has 2 aromatic rings. The number of hydrogen-bond acceptors (Lipinski definition) is 4. The monoisotopic (exact) mass is 417 g/mol. The molecular weight excluding hydrogens is 390 g/mol. The molecule has 0 spiro atoms. The summed E-state index contributed by atoms with van der Waals surface area (Å²) in [6.07, 6.45) is 6.57. The molecule has 0 bridgehead atoms. The van der Waals surface area contributed by atoms with Gasteiger partial charge in [-0.05, 0) is 49.2 Å². The minimum atomic E-state index is -0.321. The van der Waals surface area contributed by atoms with Crippen molar-refractivity contribution in [3.63, 3.8) is 0 Å². The molecule has 0 aromatic heterocycles. The van der Waals surface area contributed by atoms with Gasteiger partial charge in [0.1, 0.15) is 0 Å². The van der Waals surface area contributed by atoms with E-state index in [1.54, 1.807) is 48.5 Å². The first-order valence-electron chi connectivity index (χ1n) is 11.2. The zero-order valence-electron chi connectivity index (χ0n) is 17.6. The number of carbonyl (C=O) groups excluding carboxylic acids is 3. The largest absolute Gasteiger partial charge is 0.336 e. The lowest BCUT2D eigenvalue weighted by Gasteiger charge is -2.40. The molecule has 0 radical (unpaired) electrons. The Bertz CT molecular complexity index is 968. The van der Waals surface area contributed by atoms with Crippen LogP contribution in [0.3, 0.4) is 0 Å². The van der Waals surface area contributed by atoms with Crippen LogP contribution in [-0.4, -0.2) is 59.7 Å². The summed E-state index contributed by atoms with van der Waals surface area (Å²) in [7, 11) is 0. The molecule has 31 heavy (non-hydrogen) atoms. The Kier molecular flexibility index (Phi) is 5.32. The van der Waals surface area contributed by atoms with E-state index < -0.39 is 0 Å². The van der Waals surface area contributed by atoms with Crippen molar-refractivity contribution in [1.82, 2.24) is 9.80 Å². The van der Waals surface area contributed by atoms with Gasteiger partial charge in [0, 0.05) is 37.8 Å². The fourth-order valence-corrected chi connectivity index (χ4v) is 5.10. The molecule has 2 heterocycles. The zero-order chi connectivity index (χ0) is 21.4. The second-order valence-corrected chi connectivity index (χ2v) is 8.66. The fourth-order valence-electron chi connectivity index (χ4n) is 5.10. The number of rotatable bonds is 3. The van der Waals surface area contributed by atoms with Gasteiger partial charge in [-0.25, -0.2) is 4.90 Å². The third kappa shape index (κ3) is 3.65. The molecule has 2 fully saturated rings. The first kappa shape index (κ1) is 19.9. The van der Waals surface area contributed by atoms with Crippen LogP contribution in [0.5, 0.6) is 0 Å². The third-order valence-corrected chi connectivity index (χ3v) is 6.86. The van der Waals surface area contributed by atoms with Crippen molar-refractivity contribution < 1.29 is 14.4 Å². The van der Waals surface area contributed by atoms with Crippen LogP contribution in [-0.2, 0) is 0 Å². The van der Waals surface area contributed by atoms with Crippen molar-refractivity contribution in [2.75, 3.05) is 31.1 Å². The van der Waals surface area contributed by atoms with Gasteiger partial charge in [0.15, 0.2) is 0 Å². The summed E-state index contributed by atoms with van der Waals surface area (Å²) in [4.78, 5) is 43.9. The van der Waals surface area contributed by atoms with Crippen LogP contribution in [0.2, 0.25) is 0 Å². The third-order valence-electron chi connectivity index (χ3n) is 6.86. The Morgan fingerprint density at radius 1 is 0.742 bits per heavy atom. The van der Waals surface area contributed by atoms with Gasteiger partial charge < -0.3 is 4.90 Å². The van der Waals surface area contributed by atoms with E-state index in [4.69, 9.17) is 0 Å². The Morgan fingerprint density at radius 3 is 1.90 bits per heavy atom. The van der Waals surface area contributed by atoms with Gasteiger partial charge in [-0.15, -0.1) is 0 Å². The number of nitrogens with zero attached hydrogens (tertiary/aromatic N) is 3. The molecule has 0 atom stereocenters. The van der Waals surface area contributed by atoms with Crippen molar-refractivity contribution in [2.45, 2.75) is 38.1 Å². The first-order chi connectivity index (χ1) is 15.1.